The predicted molar refractivity (Wildman–Crippen MR) is 77.9 cm³/mol. The molecule has 2 aromatic rings. The number of rotatable bonds is 3. The molecule has 2 heterocycles. The first-order valence-electron chi connectivity index (χ1n) is 6.61. The summed E-state index contributed by atoms with van der Waals surface area (Å²) < 4.78 is 0. The van der Waals surface area contributed by atoms with Crippen molar-refractivity contribution in [3.63, 3.8) is 0 Å². The van der Waals surface area contributed by atoms with E-state index >= 15 is 0 Å². The number of anilines is 1. The number of benzene rings is 1. The Labute approximate surface area is 120 Å². The number of carboxylic acids is 1. The second-order valence-corrected chi connectivity index (χ2v) is 5.84. The van der Waals surface area contributed by atoms with Gasteiger partial charge in [-0.1, -0.05) is 41.7 Å². The van der Waals surface area contributed by atoms with Gasteiger partial charge in [0.2, 0.25) is 5.13 Å². The fourth-order valence-corrected chi connectivity index (χ4v) is 3.28. The first kappa shape index (κ1) is 13.1. The molecule has 0 bridgehead atoms. The SMILES string of the molecule is O=C(O)[C@H]1CCCN(c2nnc(-c3ccccc3)s2)C1. The highest BCUT2D eigenvalue weighted by atomic mass is 32.1. The maximum Gasteiger partial charge on any atom is 0.308 e. The quantitative estimate of drug-likeness (QED) is 0.940. The summed E-state index contributed by atoms with van der Waals surface area (Å²) in [5.74, 6) is -1.02. The summed E-state index contributed by atoms with van der Waals surface area (Å²) in [5, 5.41) is 19.2. The lowest BCUT2D eigenvalue weighted by Gasteiger charge is -2.29. The van der Waals surface area contributed by atoms with Crippen LogP contribution in [-0.2, 0) is 4.79 Å². The molecule has 1 aliphatic heterocycles. The first-order chi connectivity index (χ1) is 9.74. The summed E-state index contributed by atoms with van der Waals surface area (Å²) in [7, 11) is 0. The Morgan fingerprint density at radius 3 is 2.85 bits per heavy atom. The van der Waals surface area contributed by atoms with Crippen molar-refractivity contribution in [3.8, 4) is 10.6 Å². The molecule has 1 saturated heterocycles. The van der Waals surface area contributed by atoms with Crippen LogP contribution in [0.25, 0.3) is 10.6 Å². The Morgan fingerprint density at radius 2 is 2.10 bits per heavy atom. The van der Waals surface area contributed by atoms with Crippen LogP contribution in [0.5, 0.6) is 0 Å². The number of carbonyl (C=O) groups is 1. The van der Waals surface area contributed by atoms with Crippen LogP contribution >= 0.6 is 11.3 Å². The summed E-state index contributed by atoms with van der Waals surface area (Å²) in [6, 6.07) is 9.91. The smallest absolute Gasteiger partial charge is 0.308 e. The monoisotopic (exact) mass is 289 g/mol. The largest absolute Gasteiger partial charge is 0.481 e. The number of carboxylic acid groups (broad SMARTS) is 1. The molecule has 0 unspecified atom stereocenters. The topological polar surface area (TPSA) is 66.3 Å². The molecule has 0 amide bonds. The average molecular weight is 289 g/mol. The predicted octanol–water partition coefficient (Wildman–Crippen LogP) is 2.51. The van der Waals surface area contributed by atoms with Crippen molar-refractivity contribution in [2.24, 2.45) is 5.92 Å². The van der Waals surface area contributed by atoms with Gasteiger partial charge in [-0.05, 0) is 12.8 Å². The Morgan fingerprint density at radius 1 is 1.30 bits per heavy atom. The highest BCUT2D eigenvalue weighted by Crippen LogP contribution is 2.31. The molecule has 1 fully saturated rings. The Kier molecular flexibility index (Phi) is 3.64. The third-order valence-corrected chi connectivity index (χ3v) is 4.51. The van der Waals surface area contributed by atoms with Crippen molar-refractivity contribution in [1.82, 2.24) is 10.2 Å². The summed E-state index contributed by atoms with van der Waals surface area (Å²) in [4.78, 5) is 13.1. The molecule has 104 valence electrons. The van der Waals surface area contributed by atoms with Gasteiger partial charge in [-0.3, -0.25) is 4.79 Å². The number of hydrogen-bond acceptors (Lipinski definition) is 5. The standard InChI is InChI=1S/C14H15N3O2S/c18-13(19)11-7-4-8-17(9-11)14-16-15-12(20-14)10-5-2-1-3-6-10/h1-3,5-6,11H,4,7-9H2,(H,18,19)/t11-/m0/s1. The van der Waals surface area contributed by atoms with E-state index in [0.29, 0.717) is 6.54 Å². The molecule has 20 heavy (non-hydrogen) atoms. The van der Waals surface area contributed by atoms with Crippen LogP contribution in [0, 0.1) is 5.92 Å². The third-order valence-electron chi connectivity index (χ3n) is 3.48. The molecule has 1 N–H and O–H groups in total. The van der Waals surface area contributed by atoms with E-state index in [1.54, 1.807) is 0 Å². The molecule has 6 heteroatoms. The van der Waals surface area contributed by atoms with Gasteiger partial charge in [-0.15, -0.1) is 10.2 Å². The number of hydrogen-bond donors (Lipinski definition) is 1. The van der Waals surface area contributed by atoms with Crippen LogP contribution in [0.3, 0.4) is 0 Å². The Balaban J connectivity index is 1.78. The average Bonchev–Trinajstić information content (AvgIpc) is 2.98. The molecule has 0 radical (unpaired) electrons. The van der Waals surface area contributed by atoms with Gasteiger partial charge < -0.3 is 10.0 Å². The molecule has 5 nitrogen and oxygen atoms in total. The van der Waals surface area contributed by atoms with E-state index < -0.39 is 5.97 Å². The number of nitrogens with zero attached hydrogens (tertiary/aromatic N) is 3. The van der Waals surface area contributed by atoms with Gasteiger partial charge in [0.15, 0.2) is 0 Å². The number of aromatic nitrogens is 2. The van der Waals surface area contributed by atoms with Crippen molar-refractivity contribution in [3.05, 3.63) is 30.3 Å². The van der Waals surface area contributed by atoms with Gasteiger partial charge in [-0.2, -0.15) is 0 Å². The van der Waals surface area contributed by atoms with E-state index in [2.05, 4.69) is 10.2 Å². The summed E-state index contributed by atoms with van der Waals surface area (Å²) >= 11 is 1.52. The molecule has 0 saturated carbocycles. The lowest BCUT2D eigenvalue weighted by atomic mass is 9.99. The van der Waals surface area contributed by atoms with Gasteiger partial charge in [0, 0.05) is 18.7 Å². The van der Waals surface area contributed by atoms with Crippen LogP contribution in [0.15, 0.2) is 30.3 Å². The normalized spacial score (nSPS) is 19.0. The summed E-state index contributed by atoms with van der Waals surface area (Å²) in [6.45, 7) is 1.38. The van der Waals surface area contributed by atoms with Gasteiger partial charge >= 0.3 is 5.97 Å². The van der Waals surface area contributed by atoms with Crippen LogP contribution in [-0.4, -0.2) is 34.4 Å². The van der Waals surface area contributed by atoms with Crippen molar-refractivity contribution >= 4 is 22.4 Å². The van der Waals surface area contributed by atoms with Crippen LogP contribution in [0.2, 0.25) is 0 Å². The zero-order valence-corrected chi connectivity index (χ0v) is 11.7. The molecular weight excluding hydrogens is 274 g/mol. The second kappa shape index (κ2) is 5.58. The van der Waals surface area contributed by atoms with Gasteiger partial charge in [-0.25, -0.2) is 0 Å². The Hall–Kier alpha value is -1.95. The Bertz CT molecular complexity index is 599. The maximum absolute atomic E-state index is 11.1. The fourth-order valence-electron chi connectivity index (χ4n) is 2.39. The molecule has 3 rings (SSSR count). The second-order valence-electron chi connectivity index (χ2n) is 4.88. The third kappa shape index (κ3) is 2.65. The molecule has 0 spiro atoms. The lowest BCUT2D eigenvalue weighted by Crippen LogP contribution is -2.38. The van der Waals surface area contributed by atoms with E-state index in [9.17, 15) is 4.79 Å². The van der Waals surface area contributed by atoms with Crippen LogP contribution in [0.4, 0.5) is 5.13 Å². The van der Waals surface area contributed by atoms with Crippen molar-refractivity contribution in [2.75, 3.05) is 18.0 Å². The molecule has 1 atom stereocenters. The minimum absolute atomic E-state index is 0.298. The summed E-state index contributed by atoms with van der Waals surface area (Å²) in [6.07, 6.45) is 1.63. The highest BCUT2D eigenvalue weighted by Gasteiger charge is 2.27. The molecular formula is C14H15N3O2S. The lowest BCUT2D eigenvalue weighted by molar-refractivity contribution is -0.141. The number of piperidine rings is 1. The molecule has 1 aliphatic rings. The summed E-state index contributed by atoms with van der Waals surface area (Å²) in [5.41, 5.74) is 1.04. The van der Waals surface area contributed by atoms with Crippen LogP contribution in [0.1, 0.15) is 12.8 Å². The van der Waals surface area contributed by atoms with E-state index in [4.69, 9.17) is 5.11 Å². The minimum Gasteiger partial charge on any atom is -0.481 e. The zero-order valence-electron chi connectivity index (χ0n) is 10.9. The van der Waals surface area contributed by atoms with Gasteiger partial charge in [0.25, 0.3) is 0 Å². The number of aliphatic carboxylic acids is 1. The van der Waals surface area contributed by atoms with E-state index in [1.807, 2.05) is 35.2 Å². The van der Waals surface area contributed by atoms with Crippen molar-refractivity contribution in [2.45, 2.75) is 12.8 Å². The van der Waals surface area contributed by atoms with Gasteiger partial charge in [0.1, 0.15) is 5.01 Å². The molecule has 0 aliphatic carbocycles. The molecule has 1 aromatic heterocycles. The maximum atomic E-state index is 11.1. The van der Waals surface area contributed by atoms with E-state index in [1.165, 1.54) is 11.3 Å². The highest BCUT2D eigenvalue weighted by molar-refractivity contribution is 7.18. The van der Waals surface area contributed by atoms with Crippen molar-refractivity contribution < 1.29 is 9.90 Å². The van der Waals surface area contributed by atoms with E-state index in [-0.39, 0.29) is 5.92 Å². The minimum atomic E-state index is -0.720. The first-order valence-corrected chi connectivity index (χ1v) is 7.42. The van der Waals surface area contributed by atoms with Crippen molar-refractivity contribution in [1.29, 1.82) is 0 Å². The molecule has 1 aromatic carbocycles. The fraction of sp³-hybridized carbons (Fsp3) is 0.357. The van der Waals surface area contributed by atoms with E-state index in [0.717, 1.165) is 35.1 Å². The van der Waals surface area contributed by atoms with Crippen LogP contribution < -0.4 is 4.90 Å². The van der Waals surface area contributed by atoms with Gasteiger partial charge in [0.05, 0.1) is 5.92 Å². The zero-order chi connectivity index (χ0) is 13.9.